The van der Waals surface area contributed by atoms with Gasteiger partial charge in [-0.2, -0.15) is 5.10 Å². The molecule has 0 fully saturated rings. The monoisotopic (exact) mass is 463 g/mol. The molecular weight excluding hydrogens is 438 g/mol. The molecule has 0 unspecified atom stereocenters. The summed E-state index contributed by atoms with van der Waals surface area (Å²) in [6.45, 7) is 4.09. The number of rotatable bonds is 8. The van der Waals surface area contributed by atoms with Crippen molar-refractivity contribution in [1.29, 1.82) is 0 Å². The zero-order valence-corrected chi connectivity index (χ0v) is 19.7. The first-order chi connectivity index (χ1) is 16.0. The SMILES string of the molecule is COc1ccc(-c2nc(CC(=O)Nc3ccccc3-c3n[nH]c(C(C)C)n3)cs2)cc1OC. The van der Waals surface area contributed by atoms with Gasteiger partial charge in [0.1, 0.15) is 10.8 Å². The van der Waals surface area contributed by atoms with E-state index in [0.717, 1.165) is 22.0 Å². The highest BCUT2D eigenvalue weighted by molar-refractivity contribution is 7.13. The van der Waals surface area contributed by atoms with Crippen molar-refractivity contribution in [2.45, 2.75) is 26.2 Å². The summed E-state index contributed by atoms with van der Waals surface area (Å²) in [5.74, 6) is 2.72. The van der Waals surface area contributed by atoms with E-state index in [9.17, 15) is 4.79 Å². The summed E-state index contributed by atoms with van der Waals surface area (Å²) in [5, 5.41) is 12.9. The molecule has 0 aliphatic heterocycles. The Morgan fingerprint density at radius 3 is 2.61 bits per heavy atom. The number of para-hydroxylation sites is 1. The number of benzene rings is 2. The van der Waals surface area contributed by atoms with Gasteiger partial charge in [-0.05, 0) is 30.3 Å². The van der Waals surface area contributed by atoms with Crippen LogP contribution < -0.4 is 14.8 Å². The lowest BCUT2D eigenvalue weighted by Gasteiger charge is -2.08. The molecule has 2 N–H and O–H groups in total. The maximum atomic E-state index is 12.8. The summed E-state index contributed by atoms with van der Waals surface area (Å²) < 4.78 is 10.7. The van der Waals surface area contributed by atoms with Crippen LogP contribution in [0.3, 0.4) is 0 Å². The van der Waals surface area contributed by atoms with Crippen LogP contribution in [-0.4, -0.2) is 40.3 Å². The van der Waals surface area contributed by atoms with Gasteiger partial charge in [-0.25, -0.2) is 9.97 Å². The van der Waals surface area contributed by atoms with Gasteiger partial charge in [0.05, 0.1) is 32.0 Å². The lowest BCUT2D eigenvalue weighted by Crippen LogP contribution is -2.15. The van der Waals surface area contributed by atoms with Gasteiger partial charge in [-0.1, -0.05) is 26.0 Å². The number of anilines is 1. The van der Waals surface area contributed by atoms with Gasteiger partial charge in [0.15, 0.2) is 17.3 Å². The molecule has 2 aromatic heterocycles. The Kier molecular flexibility index (Phi) is 6.69. The zero-order valence-electron chi connectivity index (χ0n) is 18.9. The molecule has 0 aliphatic carbocycles. The predicted molar refractivity (Wildman–Crippen MR) is 129 cm³/mol. The molecule has 0 bridgehead atoms. The summed E-state index contributed by atoms with van der Waals surface area (Å²) in [6.07, 6.45) is 0.156. The number of H-pyrrole nitrogens is 1. The second-order valence-corrected chi connectivity index (χ2v) is 8.54. The molecule has 4 aromatic rings. The largest absolute Gasteiger partial charge is 0.493 e. The summed E-state index contributed by atoms with van der Waals surface area (Å²) in [5.41, 5.74) is 3.02. The zero-order chi connectivity index (χ0) is 23.4. The van der Waals surface area contributed by atoms with E-state index in [1.165, 1.54) is 11.3 Å². The number of nitrogens with zero attached hydrogens (tertiary/aromatic N) is 3. The summed E-state index contributed by atoms with van der Waals surface area (Å²) in [6, 6.07) is 13.1. The van der Waals surface area contributed by atoms with Crippen LogP contribution in [0.2, 0.25) is 0 Å². The highest BCUT2D eigenvalue weighted by Gasteiger charge is 2.16. The van der Waals surface area contributed by atoms with Crippen LogP contribution in [0, 0.1) is 0 Å². The molecule has 4 rings (SSSR count). The van der Waals surface area contributed by atoms with Gasteiger partial charge in [0, 0.05) is 22.4 Å². The number of hydrogen-bond acceptors (Lipinski definition) is 7. The highest BCUT2D eigenvalue weighted by Crippen LogP contribution is 2.33. The van der Waals surface area contributed by atoms with Crippen molar-refractivity contribution >= 4 is 22.9 Å². The maximum absolute atomic E-state index is 12.8. The lowest BCUT2D eigenvalue weighted by atomic mass is 10.1. The van der Waals surface area contributed by atoms with Crippen molar-refractivity contribution in [1.82, 2.24) is 20.2 Å². The van der Waals surface area contributed by atoms with Crippen molar-refractivity contribution in [2.75, 3.05) is 19.5 Å². The summed E-state index contributed by atoms with van der Waals surface area (Å²) in [7, 11) is 3.19. The molecule has 2 heterocycles. The van der Waals surface area contributed by atoms with Crippen molar-refractivity contribution in [3.8, 4) is 33.5 Å². The topological polar surface area (TPSA) is 102 Å². The van der Waals surface area contributed by atoms with Crippen molar-refractivity contribution in [3.63, 3.8) is 0 Å². The molecule has 0 saturated carbocycles. The Morgan fingerprint density at radius 1 is 1.09 bits per heavy atom. The van der Waals surface area contributed by atoms with E-state index >= 15 is 0 Å². The first kappa shape index (κ1) is 22.5. The number of amides is 1. The minimum atomic E-state index is -0.161. The molecule has 8 nitrogen and oxygen atoms in total. The van der Waals surface area contributed by atoms with E-state index in [1.807, 2.05) is 61.7 Å². The minimum absolute atomic E-state index is 0.156. The summed E-state index contributed by atoms with van der Waals surface area (Å²) in [4.78, 5) is 22.0. The molecule has 33 heavy (non-hydrogen) atoms. The quantitative estimate of drug-likeness (QED) is 0.385. The normalized spacial score (nSPS) is 10.9. The van der Waals surface area contributed by atoms with Gasteiger partial charge in [0.2, 0.25) is 5.91 Å². The second kappa shape index (κ2) is 9.83. The Hall–Kier alpha value is -3.72. The van der Waals surface area contributed by atoms with E-state index in [-0.39, 0.29) is 18.2 Å². The molecule has 0 spiro atoms. The first-order valence-electron chi connectivity index (χ1n) is 10.5. The van der Waals surface area contributed by atoms with Crippen LogP contribution in [0.15, 0.2) is 47.8 Å². The first-order valence-corrected chi connectivity index (χ1v) is 11.3. The number of carbonyl (C=O) groups is 1. The number of aromatic amines is 1. The van der Waals surface area contributed by atoms with Gasteiger partial charge < -0.3 is 14.8 Å². The van der Waals surface area contributed by atoms with Gasteiger partial charge >= 0.3 is 0 Å². The molecule has 0 aliphatic rings. The number of thiazole rings is 1. The van der Waals surface area contributed by atoms with Crippen molar-refractivity contribution < 1.29 is 14.3 Å². The number of aromatic nitrogens is 4. The molecule has 170 valence electrons. The molecule has 0 atom stereocenters. The fourth-order valence-corrected chi connectivity index (χ4v) is 4.11. The number of methoxy groups -OCH3 is 2. The smallest absolute Gasteiger partial charge is 0.230 e. The molecule has 1 amide bonds. The van der Waals surface area contributed by atoms with Crippen LogP contribution in [-0.2, 0) is 11.2 Å². The van der Waals surface area contributed by atoms with Gasteiger partial charge in [-0.3, -0.25) is 9.89 Å². The van der Waals surface area contributed by atoms with Gasteiger partial charge in [0.25, 0.3) is 0 Å². The van der Waals surface area contributed by atoms with Crippen LogP contribution in [0.4, 0.5) is 5.69 Å². The van der Waals surface area contributed by atoms with Crippen LogP contribution in [0.25, 0.3) is 22.0 Å². The average molecular weight is 464 g/mol. The number of hydrogen-bond donors (Lipinski definition) is 2. The Balaban J connectivity index is 1.48. The standard InChI is InChI=1S/C24H25N5O3S/c1-14(2)22-27-23(29-28-22)17-7-5-6-8-18(17)26-21(30)12-16-13-33-24(25-16)15-9-10-19(31-3)20(11-15)32-4/h5-11,13-14H,12H2,1-4H3,(H,26,30)(H,27,28,29). The van der Waals surface area contributed by atoms with Crippen LogP contribution in [0.1, 0.15) is 31.3 Å². The van der Waals surface area contributed by atoms with Crippen molar-refractivity contribution in [2.24, 2.45) is 0 Å². The number of ether oxygens (including phenoxy) is 2. The van der Waals surface area contributed by atoms with Crippen LogP contribution >= 0.6 is 11.3 Å². The van der Waals surface area contributed by atoms with Crippen molar-refractivity contribution in [3.05, 3.63) is 59.4 Å². The van der Waals surface area contributed by atoms with E-state index in [4.69, 9.17) is 9.47 Å². The molecule has 9 heteroatoms. The number of carbonyl (C=O) groups excluding carboxylic acids is 1. The Bertz CT molecular complexity index is 1260. The van der Waals surface area contributed by atoms with E-state index < -0.39 is 0 Å². The van der Waals surface area contributed by atoms with E-state index in [2.05, 4.69) is 25.5 Å². The molecular formula is C24H25N5O3S. The third-order valence-corrected chi connectivity index (χ3v) is 5.96. The minimum Gasteiger partial charge on any atom is -0.493 e. The molecule has 0 saturated heterocycles. The summed E-state index contributed by atoms with van der Waals surface area (Å²) >= 11 is 1.48. The third-order valence-electron chi connectivity index (χ3n) is 5.02. The van der Waals surface area contributed by atoms with E-state index in [0.29, 0.717) is 28.7 Å². The Labute approximate surface area is 196 Å². The highest BCUT2D eigenvalue weighted by atomic mass is 32.1. The third kappa shape index (κ3) is 5.04. The maximum Gasteiger partial charge on any atom is 0.230 e. The molecule has 2 aromatic carbocycles. The number of nitrogens with one attached hydrogen (secondary N) is 2. The predicted octanol–water partition coefficient (Wildman–Crippen LogP) is 4.92. The van der Waals surface area contributed by atoms with Crippen LogP contribution in [0.5, 0.6) is 11.5 Å². The fraction of sp³-hybridized carbons (Fsp3) is 0.250. The van der Waals surface area contributed by atoms with E-state index in [1.54, 1.807) is 14.2 Å². The molecule has 0 radical (unpaired) electrons. The average Bonchev–Trinajstić information content (AvgIpc) is 3.49. The van der Waals surface area contributed by atoms with Gasteiger partial charge in [-0.15, -0.1) is 11.3 Å². The second-order valence-electron chi connectivity index (χ2n) is 7.68. The Morgan fingerprint density at radius 2 is 1.88 bits per heavy atom. The lowest BCUT2D eigenvalue weighted by molar-refractivity contribution is -0.115. The fourth-order valence-electron chi connectivity index (χ4n) is 3.29.